The maximum absolute atomic E-state index is 6.34. The van der Waals surface area contributed by atoms with Gasteiger partial charge in [-0.3, -0.25) is 0 Å². The maximum atomic E-state index is 6.34. The molecule has 5 nitrogen and oxygen atoms in total. The minimum absolute atomic E-state index is 0.313. The first-order valence-electron chi connectivity index (χ1n) is 9.76. The van der Waals surface area contributed by atoms with Crippen LogP contribution >= 0.6 is 23.4 Å². The molecule has 1 aromatic heterocycles. The molecule has 1 fully saturated rings. The highest BCUT2D eigenvalue weighted by Crippen LogP contribution is 2.33. The van der Waals surface area contributed by atoms with E-state index in [1.165, 1.54) is 10.5 Å². The Bertz CT molecular complexity index is 1060. The van der Waals surface area contributed by atoms with Crippen LogP contribution in [0.1, 0.15) is 5.56 Å². The van der Waals surface area contributed by atoms with E-state index in [0.717, 1.165) is 41.3 Å². The van der Waals surface area contributed by atoms with Gasteiger partial charge in [-0.25, -0.2) is 4.98 Å². The van der Waals surface area contributed by atoms with E-state index >= 15 is 0 Å². The molecule has 0 amide bonds. The lowest BCUT2D eigenvalue weighted by Gasteiger charge is -2.38. The predicted molar refractivity (Wildman–Crippen MR) is 121 cm³/mol. The number of thioether (sulfide) groups is 1. The van der Waals surface area contributed by atoms with Crippen LogP contribution in [-0.2, 0) is 11.3 Å². The Morgan fingerprint density at radius 1 is 1.21 bits per heavy atom. The summed E-state index contributed by atoms with van der Waals surface area (Å²) in [6.07, 6.45) is 0. The maximum Gasteiger partial charge on any atom is 0.131 e. The minimum Gasteiger partial charge on any atom is -0.382 e. The van der Waals surface area contributed by atoms with Crippen LogP contribution in [0.25, 0.3) is 10.9 Å². The third-order valence-electron chi connectivity index (χ3n) is 5.44. The number of ether oxygens (including phenoxy) is 1. The summed E-state index contributed by atoms with van der Waals surface area (Å²) < 4.78 is 5.29. The van der Waals surface area contributed by atoms with Gasteiger partial charge in [0.05, 0.1) is 24.3 Å². The molecule has 2 aromatic carbocycles. The first-order chi connectivity index (χ1) is 14.1. The van der Waals surface area contributed by atoms with Crippen LogP contribution in [-0.4, -0.2) is 42.6 Å². The van der Waals surface area contributed by atoms with E-state index in [1.807, 2.05) is 30.0 Å². The molecule has 29 heavy (non-hydrogen) atoms. The van der Waals surface area contributed by atoms with E-state index in [2.05, 4.69) is 40.5 Å². The molecular formula is C22H23ClN4OS. The van der Waals surface area contributed by atoms with Crippen molar-refractivity contribution in [3.8, 4) is 0 Å². The second-order valence-electron chi connectivity index (χ2n) is 7.78. The van der Waals surface area contributed by atoms with Crippen molar-refractivity contribution >= 4 is 45.8 Å². The summed E-state index contributed by atoms with van der Waals surface area (Å²) in [4.78, 5) is 8.66. The molecule has 0 spiro atoms. The smallest absolute Gasteiger partial charge is 0.131 e. The zero-order valence-corrected chi connectivity index (χ0v) is 17.6. The van der Waals surface area contributed by atoms with Crippen LogP contribution in [0.2, 0.25) is 5.02 Å². The molecule has 2 aliphatic rings. The Labute approximate surface area is 179 Å². The van der Waals surface area contributed by atoms with Crippen LogP contribution in [0, 0.1) is 0 Å². The van der Waals surface area contributed by atoms with Crippen LogP contribution in [0.3, 0.4) is 0 Å². The van der Waals surface area contributed by atoms with E-state index in [4.69, 9.17) is 27.1 Å². The largest absolute Gasteiger partial charge is 0.382 e. The number of nitrogens with zero attached hydrogens (tertiary/aromatic N) is 2. The molecule has 3 N–H and O–H groups in total. The highest BCUT2D eigenvalue weighted by molar-refractivity contribution is 7.99. The van der Waals surface area contributed by atoms with E-state index in [-0.39, 0.29) is 5.54 Å². The van der Waals surface area contributed by atoms with Crippen LogP contribution in [0.5, 0.6) is 0 Å². The van der Waals surface area contributed by atoms with Crippen molar-refractivity contribution in [2.24, 2.45) is 5.73 Å². The van der Waals surface area contributed by atoms with Crippen molar-refractivity contribution in [3.63, 3.8) is 0 Å². The monoisotopic (exact) mass is 426 g/mol. The van der Waals surface area contributed by atoms with Gasteiger partial charge in [0.25, 0.3) is 0 Å². The van der Waals surface area contributed by atoms with Crippen molar-refractivity contribution in [2.45, 2.75) is 17.0 Å². The molecule has 0 atom stereocenters. The number of pyridine rings is 1. The van der Waals surface area contributed by atoms with Crippen LogP contribution in [0.4, 0.5) is 11.5 Å². The predicted octanol–water partition coefficient (Wildman–Crippen LogP) is 4.14. The quantitative estimate of drug-likeness (QED) is 0.653. The second kappa shape index (κ2) is 7.69. The summed E-state index contributed by atoms with van der Waals surface area (Å²) in [7, 11) is 0. The number of aromatic nitrogens is 1. The molecule has 0 bridgehead atoms. The van der Waals surface area contributed by atoms with Gasteiger partial charge >= 0.3 is 0 Å². The second-order valence-corrected chi connectivity index (χ2v) is 9.35. The van der Waals surface area contributed by atoms with Gasteiger partial charge in [-0.05, 0) is 29.8 Å². The first-order valence-corrected chi connectivity index (χ1v) is 11.1. The number of nitrogens with one attached hydrogen (secondary N) is 1. The third kappa shape index (κ3) is 3.90. The lowest BCUT2D eigenvalue weighted by molar-refractivity contribution is -0.0461. The van der Waals surface area contributed by atoms with Crippen molar-refractivity contribution in [2.75, 3.05) is 42.3 Å². The number of fused-ring (bicyclic) bond motifs is 2. The lowest BCUT2D eigenvalue weighted by atomic mass is 9.99. The molecular weight excluding hydrogens is 404 g/mol. The number of benzene rings is 2. The average Bonchev–Trinajstić information content (AvgIpc) is 2.93. The molecule has 0 saturated carbocycles. The van der Waals surface area contributed by atoms with Gasteiger partial charge in [0.15, 0.2) is 0 Å². The highest BCUT2D eigenvalue weighted by atomic mass is 35.5. The summed E-state index contributed by atoms with van der Waals surface area (Å²) in [6, 6.07) is 16.6. The number of halogens is 1. The van der Waals surface area contributed by atoms with E-state index in [9.17, 15) is 0 Å². The minimum atomic E-state index is -0.313. The van der Waals surface area contributed by atoms with E-state index in [0.29, 0.717) is 24.8 Å². The summed E-state index contributed by atoms with van der Waals surface area (Å²) in [5, 5.41) is 5.24. The van der Waals surface area contributed by atoms with Crippen molar-refractivity contribution in [3.05, 3.63) is 59.1 Å². The molecule has 7 heteroatoms. The normalized spacial score (nSPS) is 18.1. The first kappa shape index (κ1) is 19.0. The third-order valence-corrected chi connectivity index (χ3v) is 6.77. The van der Waals surface area contributed by atoms with Crippen molar-refractivity contribution in [1.82, 2.24) is 4.98 Å². The summed E-state index contributed by atoms with van der Waals surface area (Å²) in [6.45, 7) is 3.60. The van der Waals surface area contributed by atoms with Crippen molar-refractivity contribution < 1.29 is 4.74 Å². The average molecular weight is 427 g/mol. The molecule has 0 aliphatic carbocycles. The van der Waals surface area contributed by atoms with Gasteiger partial charge in [-0.1, -0.05) is 29.8 Å². The van der Waals surface area contributed by atoms with Gasteiger partial charge < -0.3 is 20.7 Å². The zero-order valence-electron chi connectivity index (χ0n) is 16.0. The van der Waals surface area contributed by atoms with Crippen LogP contribution < -0.4 is 16.0 Å². The van der Waals surface area contributed by atoms with Gasteiger partial charge in [0.2, 0.25) is 0 Å². The van der Waals surface area contributed by atoms with Gasteiger partial charge in [0, 0.05) is 52.4 Å². The van der Waals surface area contributed by atoms with Gasteiger partial charge in [0.1, 0.15) is 5.82 Å². The Morgan fingerprint density at radius 2 is 2.07 bits per heavy atom. The van der Waals surface area contributed by atoms with Gasteiger partial charge in [-0.2, -0.15) is 0 Å². The Balaban J connectivity index is 1.51. The lowest BCUT2D eigenvalue weighted by Crippen LogP contribution is -2.61. The number of rotatable bonds is 4. The highest BCUT2D eigenvalue weighted by Gasteiger charge is 2.34. The SMILES string of the molecule is NC1(CNc2cc(N3CCSc4ccccc4C3)nc3ccc(Cl)cc23)COC1. The summed E-state index contributed by atoms with van der Waals surface area (Å²) in [5.74, 6) is 2.00. The molecule has 3 aromatic rings. The fourth-order valence-corrected chi connectivity index (χ4v) is 4.95. The number of nitrogens with two attached hydrogens (primary N) is 1. The Hall–Kier alpha value is -1.99. The molecule has 0 unspecified atom stereocenters. The molecule has 2 aliphatic heterocycles. The van der Waals surface area contributed by atoms with Gasteiger partial charge in [-0.15, -0.1) is 11.8 Å². The van der Waals surface area contributed by atoms with Crippen molar-refractivity contribution in [1.29, 1.82) is 0 Å². The number of hydrogen-bond acceptors (Lipinski definition) is 6. The molecule has 1 saturated heterocycles. The van der Waals surface area contributed by atoms with E-state index in [1.54, 1.807) is 0 Å². The number of hydrogen-bond donors (Lipinski definition) is 2. The summed E-state index contributed by atoms with van der Waals surface area (Å²) >= 11 is 8.18. The fourth-order valence-electron chi connectivity index (χ4n) is 3.75. The van der Waals surface area contributed by atoms with E-state index < -0.39 is 0 Å². The molecule has 5 rings (SSSR count). The Morgan fingerprint density at radius 3 is 2.90 bits per heavy atom. The molecule has 3 heterocycles. The Kier molecular flexibility index (Phi) is 5.04. The molecule has 150 valence electrons. The van der Waals surface area contributed by atoms with Crippen LogP contribution in [0.15, 0.2) is 53.4 Å². The standard InChI is InChI=1S/C22H23ClN4OS/c23-16-5-6-18-17(9-16)19(25-12-22(24)13-28-14-22)10-21(26-18)27-7-8-29-20-4-2-1-3-15(20)11-27/h1-6,9-10H,7-8,11-14,24H2,(H,25,26). The topological polar surface area (TPSA) is 63.4 Å². The fraction of sp³-hybridized carbons (Fsp3) is 0.318. The zero-order chi connectivity index (χ0) is 19.8. The molecule has 0 radical (unpaired) electrons. The summed E-state index contributed by atoms with van der Waals surface area (Å²) in [5.41, 5.74) is 9.30. The number of anilines is 2.